The van der Waals surface area contributed by atoms with Gasteiger partial charge in [0.25, 0.3) is 0 Å². The fourth-order valence-corrected chi connectivity index (χ4v) is 1.78. The van der Waals surface area contributed by atoms with Crippen LogP contribution >= 0.6 is 0 Å². The van der Waals surface area contributed by atoms with Gasteiger partial charge in [-0.25, -0.2) is 10.8 Å². The van der Waals surface area contributed by atoms with Gasteiger partial charge in [0.1, 0.15) is 5.82 Å². The largest absolute Gasteiger partial charge is 0.362 e. The zero-order valence-electron chi connectivity index (χ0n) is 10.00. The van der Waals surface area contributed by atoms with E-state index in [1.54, 1.807) is 12.3 Å². The molecule has 0 spiro atoms. The molecule has 0 fully saturated rings. The van der Waals surface area contributed by atoms with E-state index >= 15 is 0 Å². The summed E-state index contributed by atoms with van der Waals surface area (Å²) in [4.78, 5) is 8.57. The highest BCUT2D eigenvalue weighted by molar-refractivity contribution is 5.89. The van der Waals surface area contributed by atoms with Crippen molar-refractivity contribution in [1.29, 1.82) is 0 Å². The van der Waals surface area contributed by atoms with Crippen LogP contribution in [0.1, 0.15) is 5.76 Å². The molecule has 4 N–H and O–H groups in total. The molecule has 0 bridgehead atoms. The first-order valence-corrected chi connectivity index (χ1v) is 5.73. The zero-order valence-corrected chi connectivity index (χ0v) is 10.00. The molecular formula is C12H12N6O. The van der Waals surface area contributed by atoms with Crippen LogP contribution in [0.5, 0.6) is 0 Å². The summed E-state index contributed by atoms with van der Waals surface area (Å²) in [5.74, 6) is 7.15. The van der Waals surface area contributed by atoms with Crippen LogP contribution in [0.2, 0.25) is 0 Å². The quantitative estimate of drug-likeness (QED) is 0.480. The second-order valence-electron chi connectivity index (χ2n) is 3.89. The molecule has 7 heteroatoms. The molecule has 1 aromatic carbocycles. The summed E-state index contributed by atoms with van der Waals surface area (Å²) in [6.07, 6.45) is 1.60. The lowest BCUT2D eigenvalue weighted by atomic mass is 10.2. The molecule has 0 saturated heterocycles. The van der Waals surface area contributed by atoms with Crippen LogP contribution in [-0.4, -0.2) is 15.1 Å². The molecular weight excluding hydrogens is 244 g/mol. The third-order valence-electron chi connectivity index (χ3n) is 2.65. The number of para-hydroxylation sites is 1. The molecule has 0 aliphatic carbocycles. The molecule has 3 aromatic rings. The molecule has 0 amide bonds. The average Bonchev–Trinajstić information content (AvgIpc) is 2.97. The summed E-state index contributed by atoms with van der Waals surface area (Å²) >= 11 is 0. The highest BCUT2D eigenvalue weighted by Crippen LogP contribution is 2.21. The molecule has 19 heavy (non-hydrogen) atoms. The SMILES string of the molecule is NNc1nc(NCc2ccno2)c2ccccc2n1. The number of hydrogen-bond donors (Lipinski definition) is 3. The van der Waals surface area contributed by atoms with Crippen LogP contribution in [0.3, 0.4) is 0 Å². The van der Waals surface area contributed by atoms with E-state index in [2.05, 4.69) is 25.9 Å². The van der Waals surface area contributed by atoms with Gasteiger partial charge in [-0.1, -0.05) is 17.3 Å². The summed E-state index contributed by atoms with van der Waals surface area (Å²) in [5.41, 5.74) is 3.27. The normalized spacial score (nSPS) is 10.6. The van der Waals surface area contributed by atoms with Gasteiger partial charge < -0.3 is 9.84 Å². The first-order chi connectivity index (χ1) is 9.36. The van der Waals surface area contributed by atoms with Gasteiger partial charge in [0.15, 0.2) is 5.76 Å². The van der Waals surface area contributed by atoms with Gasteiger partial charge in [-0.05, 0) is 12.1 Å². The van der Waals surface area contributed by atoms with Crippen LogP contribution < -0.4 is 16.6 Å². The van der Waals surface area contributed by atoms with Crippen molar-refractivity contribution in [3.05, 3.63) is 42.3 Å². The standard InChI is InChI=1S/C12H12N6O/c13-18-12-16-10-4-2-1-3-9(10)11(17-12)14-7-8-5-6-15-19-8/h1-6H,7,13H2,(H2,14,16,17,18). The first kappa shape index (κ1) is 11.4. The highest BCUT2D eigenvalue weighted by atomic mass is 16.5. The molecule has 7 nitrogen and oxygen atoms in total. The van der Waals surface area contributed by atoms with E-state index in [1.807, 2.05) is 24.3 Å². The molecule has 2 heterocycles. The Morgan fingerprint density at radius 1 is 1.16 bits per heavy atom. The van der Waals surface area contributed by atoms with E-state index < -0.39 is 0 Å². The minimum atomic E-state index is 0.360. The van der Waals surface area contributed by atoms with Gasteiger partial charge in [-0.15, -0.1) is 0 Å². The van der Waals surface area contributed by atoms with Crippen molar-refractivity contribution in [2.75, 3.05) is 10.7 Å². The molecule has 0 aliphatic rings. The van der Waals surface area contributed by atoms with Crippen molar-refractivity contribution in [2.45, 2.75) is 6.54 Å². The van der Waals surface area contributed by atoms with Crippen LogP contribution in [0.15, 0.2) is 41.1 Å². The Labute approximate surface area is 108 Å². The van der Waals surface area contributed by atoms with Crippen molar-refractivity contribution in [1.82, 2.24) is 15.1 Å². The summed E-state index contributed by atoms with van der Waals surface area (Å²) < 4.78 is 5.03. The number of hydrogen-bond acceptors (Lipinski definition) is 7. The highest BCUT2D eigenvalue weighted by Gasteiger charge is 2.07. The molecule has 0 aliphatic heterocycles. The van der Waals surface area contributed by atoms with E-state index in [9.17, 15) is 0 Å². The maximum Gasteiger partial charge on any atom is 0.239 e. The van der Waals surface area contributed by atoms with Gasteiger partial charge >= 0.3 is 0 Å². The van der Waals surface area contributed by atoms with Crippen LogP contribution in [0, 0.1) is 0 Å². The second kappa shape index (κ2) is 4.91. The number of fused-ring (bicyclic) bond motifs is 1. The van der Waals surface area contributed by atoms with E-state index in [4.69, 9.17) is 10.4 Å². The molecule has 0 saturated carbocycles. The number of hydrazine groups is 1. The Kier molecular flexibility index (Phi) is 2.95. The Morgan fingerprint density at radius 3 is 2.84 bits per heavy atom. The van der Waals surface area contributed by atoms with Gasteiger partial charge in [-0.3, -0.25) is 5.43 Å². The summed E-state index contributed by atoms with van der Waals surface area (Å²) in [6, 6.07) is 9.48. The van der Waals surface area contributed by atoms with E-state index in [0.29, 0.717) is 18.3 Å². The number of rotatable bonds is 4. The maximum absolute atomic E-state index is 5.37. The summed E-state index contributed by atoms with van der Waals surface area (Å²) in [7, 11) is 0. The van der Waals surface area contributed by atoms with Crippen molar-refractivity contribution in [3.8, 4) is 0 Å². The molecule has 0 unspecified atom stereocenters. The minimum Gasteiger partial charge on any atom is -0.362 e. The maximum atomic E-state index is 5.37. The van der Waals surface area contributed by atoms with E-state index in [-0.39, 0.29) is 0 Å². The van der Waals surface area contributed by atoms with Crippen molar-refractivity contribution < 1.29 is 4.52 Å². The number of nitrogens with two attached hydrogens (primary N) is 1. The summed E-state index contributed by atoms with van der Waals surface area (Å²) in [5, 5.41) is 7.75. The number of nitrogens with zero attached hydrogens (tertiary/aromatic N) is 3. The molecule has 3 rings (SSSR count). The minimum absolute atomic E-state index is 0.360. The van der Waals surface area contributed by atoms with Gasteiger partial charge in [0.05, 0.1) is 18.3 Å². The van der Waals surface area contributed by atoms with Crippen LogP contribution in [0.4, 0.5) is 11.8 Å². The van der Waals surface area contributed by atoms with Crippen LogP contribution in [0.25, 0.3) is 10.9 Å². The van der Waals surface area contributed by atoms with Crippen molar-refractivity contribution in [3.63, 3.8) is 0 Å². The van der Waals surface area contributed by atoms with Gasteiger partial charge in [-0.2, -0.15) is 4.98 Å². The Bertz CT molecular complexity index is 682. The predicted octanol–water partition coefficient (Wildman–Crippen LogP) is 1.52. The molecule has 0 atom stereocenters. The molecule has 96 valence electrons. The van der Waals surface area contributed by atoms with E-state index in [0.717, 1.165) is 16.7 Å². The first-order valence-electron chi connectivity index (χ1n) is 5.73. The number of nitrogens with one attached hydrogen (secondary N) is 2. The fraction of sp³-hybridized carbons (Fsp3) is 0.0833. The Hall–Kier alpha value is -2.67. The summed E-state index contributed by atoms with van der Waals surface area (Å²) in [6.45, 7) is 0.491. The average molecular weight is 256 g/mol. The van der Waals surface area contributed by atoms with Gasteiger partial charge in [0, 0.05) is 11.5 Å². The predicted molar refractivity (Wildman–Crippen MR) is 71.2 cm³/mol. The second-order valence-corrected chi connectivity index (χ2v) is 3.89. The number of anilines is 2. The van der Waals surface area contributed by atoms with Crippen molar-refractivity contribution >= 4 is 22.7 Å². The van der Waals surface area contributed by atoms with Crippen LogP contribution in [-0.2, 0) is 6.54 Å². The lowest BCUT2D eigenvalue weighted by molar-refractivity contribution is 0.388. The lowest BCUT2D eigenvalue weighted by Crippen LogP contribution is -2.12. The number of aromatic nitrogens is 3. The Morgan fingerprint density at radius 2 is 2.05 bits per heavy atom. The fourth-order valence-electron chi connectivity index (χ4n) is 1.78. The monoisotopic (exact) mass is 256 g/mol. The third kappa shape index (κ3) is 2.31. The molecule has 2 aromatic heterocycles. The smallest absolute Gasteiger partial charge is 0.239 e. The number of nitrogen functional groups attached to an aromatic ring is 1. The Balaban J connectivity index is 1.96. The van der Waals surface area contributed by atoms with Crippen molar-refractivity contribution in [2.24, 2.45) is 5.84 Å². The zero-order chi connectivity index (χ0) is 13.1. The third-order valence-corrected chi connectivity index (χ3v) is 2.65. The number of benzene rings is 1. The van der Waals surface area contributed by atoms with Gasteiger partial charge in [0.2, 0.25) is 5.95 Å². The lowest BCUT2D eigenvalue weighted by Gasteiger charge is -2.09. The molecule has 0 radical (unpaired) electrons. The van der Waals surface area contributed by atoms with E-state index in [1.165, 1.54) is 0 Å². The topological polar surface area (TPSA) is 102 Å².